The lowest BCUT2D eigenvalue weighted by molar-refractivity contribution is -0.279. The SMILES string of the molecule is CC(=O)NC1C(OCCOCCOCCOCc2ccccc2)OC(COC(C)=O)C(OC(C)=O)C1OC(C)=O. The van der Waals surface area contributed by atoms with Gasteiger partial charge in [-0.2, -0.15) is 0 Å². The Kier molecular flexibility index (Phi) is 15.1. The first-order valence-corrected chi connectivity index (χ1v) is 13.0. The molecule has 1 fully saturated rings. The quantitative estimate of drug-likeness (QED) is 0.161. The predicted molar refractivity (Wildman–Crippen MR) is 138 cm³/mol. The summed E-state index contributed by atoms with van der Waals surface area (Å²) < 4.78 is 44.1. The molecule has 1 saturated heterocycles. The van der Waals surface area contributed by atoms with E-state index in [0.29, 0.717) is 33.0 Å². The molecule has 0 aliphatic carbocycles. The zero-order valence-corrected chi connectivity index (χ0v) is 23.3. The Balaban J connectivity index is 1.84. The van der Waals surface area contributed by atoms with Gasteiger partial charge in [0.05, 0.1) is 46.2 Å². The number of amides is 1. The predicted octanol–water partition coefficient (Wildman–Crippen LogP) is 0.909. The van der Waals surface area contributed by atoms with Gasteiger partial charge in [-0.1, -0.05) is 30.3 Å². The van der Waals surface area contributed by atoms with E-state index in [1.165, 1.54) is 27.7 Å². The fraction of sp³-hybridized carbons (Fsp3) is 0.630. The van der Waals surface area contributed by atoms with Crippen molar-refractivity contribution in [3.63, 3.8) is 0 Å². The number of hydrogen-bond donors (Lipinski definition) is 1. The van der Waals surface area contributed by atoms with Gasteiger partial charge in [0.25, 0.3) is 0 Å². The average molecular weight is 570 g/mol. The normalized spacial score (nSPS) is 22.2. The summed E-state index contributed by atoms with van der Waals surface area (Å²) >= 11 is 0. The van der Waals surface area contributed by atoms with Crippen LogP contribution in [0.25, 0.3) is 0 Å². The summed E-state index contributed by atoms with van der Waals surface area (Å²) in [4.78, 5) is 47.0. The van der Waals surface area contributed by atoms with E-state index in [2.05, 4.69) is 5.32 Å². The Morgan fingerprint density at radius 1 is 0.750 bits per heavy atom. The molecule has 2 rings (SSSR count). The Hall–Kier alpha value is -3.10. The van der Waals surface area contributed by atoms with Crippen LogP contribution in [0.2, 0.25) is 0 Å². The molecule has 1 aliphatic rings. The van der Waals surface area contributed by atoms with Crippen LogP contribution in [0.4, 0.5) is 0 Å². The van der Waals surface area contributed by atoms with Crippen molar-refractivity contribution in [1.29, 1.82) is 0 Å². The van der Waals surface area contributed by atoms with Gasteiger partial charge in [-0.05, 0) is 5.56 Å². The minimum Gasteiger partial charge on any atom is -0.463 e. The van der Waals surface area contributed by atoms with E-state index in [9.17, 15) is 19.2 Å². The third-order valence-corrected chi connectivity index (χ3v) is 5.44. The summed E-state index contributed by atoms with van der Waals surface area (Å²) in [5, 5.41) is 2.63. The van der Waals surface area contributed by atoms with Crippen LogP contribution in [-0.4, -0.2) is 101 Å². The maximum absolute atomic E-state index is 11.9. The molecule has 224 valence electrons. The van der Waals surface area contributed by atoms with Crippen LogP contribution >= 0.6 is 0 Å². The van der Waals surface area contributed by atoms with E-state index in [0.717, 1.165) is 5.56 Å². The molecule has 1 heterocycles. The highest BCUT2D eigenvalue weighted by atomic mass is 16.7. The standard InChI is InChI=1S/C27H39NO12/c1-18(29)28-24-26(39-21(4)32)25(38-20(3)31)23(17-37-19(2)30)40-27(24)36-15-14-34-11-10-33-12-13-35-16-22-8-6-5-7-9-22/h5-9,23-27H,10-17H2,1-4H3,(H,28,29). The van der Waals surface area contributed by atoms with Crippen molar-refractivity contribution < 1.29 is 57.1 Å². The van der Waals surface area contributed by atoms with Crippen LogP contribution in [0.3, 0.4) is 0 Å². The fourth-order valence-electron chi connectivity index (χ4n) is 3.86. The van der Waals surface area contributed by atoms with Crippen LogP contribution < -0.4 is 5.32 Å². The molecule has 1 aliphatic heterocycles. The monoisotopic (exact) mass is 569 g/mol. The highest BCUT2D eigenvalue weighted by Crippen LogP contribution is 2.28. The molecule has 5 atom stereocenters. The van der Waals surface area contributed by atoms with Crippen molar-refractivity contribution in [1.82, 2.24) is 5.32 Å². The highest BCUT2D eigenvalue weighted by Gasteiger charge is 2.51. The van der Waals surface area contributed by atoms with Gasteiger partial charge in [-0.25, -0.2) is 0 Å². The molecule has 13 nitrogen and oxygen atoms in total. The lowest BCUT2D eigenvalue weighted by atomic mass is 9.96. The first kappa shape index (κ1) is 33.1. The van der Waals surface area contributed by atoms with E-state index >= 15 is 0 Å². The van der Waals surface area contributed by atoms with E-state index in [1.54, 1.807) is 0 Å². The van der Waals surface area contributed by atoms with Crippen molar-refractivity contribution in [3.05, 3.63) is 35.9 Å². The fourth-order valence-corrected chi connectivity index (χ4v) is 3.86. The molecule has 1 aromatic carbocycles. The molecular weight excluding hydrogens is 530 g/mol. The Morgan fingerprint density at radius 3 is 1.90 bits per heavy atom. The molecule has 0 saturated carbocycles. The molecule has 0 radical (unpaired) electrons. The number of benzene rings is 1. The van der Waals surface area contributed by atoms with Gasteiger partial charge >= 0.3 is 17.9 Å². The van der Waals surface area contributed by atoms with Gasteiger partial charge in [-0.3, -0.25) is 19.2 Å². The number of hydrogen-bond acceptors (Lipinski definition) is 12. The van der Waals surface area contributed by atoms with Crippen molar-refractivity contribution in [3.8, 4) is 0 Å². The Morgan fingerprint density at radius 2 is 1.32 bits per heavy atom. The molecule has 0 spiro atoms. The number of rotatable bonds is 17. The van der Waals surface area contributed by atoms with E-state index in [1.807, 2.05) is 30.3 Å². The molecule has 0 aromatic heterocycles. The van der Waals surface area contributed by atoms with Crippen molar-refractivity contribution in [2.45, 2.75) is 64.9 Å². The second-order valence-corrected chi connectivity index (χ2v) is 8.85. The van der Waals surface area contributed by atoms with Gasteiger partial charge in [0.15, 0.2) is 18.5 Å². The lowest BCUT2D eigenvalue weighted by Gasteiger charge is -2.44. The molecule has 1 amide bonds. The molecule has 1 N–H and O–H groups in total. The van der Waals surface area contributed by atoms with Crippen LogP contribution in [0, 0.1) is 0 Å². The smallest absolute Gasteiger partial charge is 0.303 e. The minimum atomic E-state index is -1.18. The zero-order valence-electron chi connectivity index (χ0n) is 23.3. The van der Waals surface area contributed by atoms with Crippen molar-refractivity contribution >= 4 is 23.8 Å². The van der Waals surface area contributed by atoms with Crippen LogP contribution in [-0.2, 0) is 63.7 Å². The molecule has 1 aromatic rings. The number of carbonyl (C=O) groups is 4. The van der Waals surface area contributed by atoms with E-state index in [4.69, 9.17) is 37.9 Å². The largest absolute Gasteiger partial charge is 0.463 e. The van der Waals surface area contributed by atoms with Gasteiger partial charge in [-0.15, -0.1) is 0 Å². The maximum atomic E-state index is 11.9. The molecule has 13 heteroatoms. The van der Waals surface area contributed by atoms with E-state index in [-0.39, 0.29) is 19.8 Å². The van der Waals surface area contributed by atoms with Crippen molar-refractivity contribution in [2.75, 3.05) is 46.2 Å². The van der Waals surface area contributed by atoms with Gasteiger partial charge < -0.3 is 43.2 Å². The van der Waals surface area contributed by atoms with Gasteiger partial charge in [0, 0.05) is 27.7 Å². The summed E-state index contributed by atoms with van der Waals surface area (Å²) in [6, 6.07) is 8.81. The Bertz CT molecular complexity index is 927. The molecule has 5 unspecified atom stereocenters. The number of carbonyl (C=O) groups excluding carboxylic acids is 4. The highest BCUT2D eigenvalue weighted by molar-refractivity contribution is 5.73. The zero-order chi connectivity index (χ0) is 29.3. The summed E-state index contributed by atoms with van der Waals surface area (Å²) in [5.41, 5.74) is 1.09. The summed E-state index contributed by atoms with van der Waals surface area (Å²) in [5.74, 6) is -2.41. The van der Waals surface area contributed by atoms with Gasteiger partial charge in [0.1, 0.15) is 18.8 Å². The summed E-state index contributed by atoms with van der Waals surface area (Å²) in [6.45, 7) is 6.78. The first-order valence-electron chi connectivity index (χ1n) is 13.0. The van der Waals surface area contributed by atoms with Crippen LogP contribution in [0.1, 0.15) is 33.3 Å². The summed E-state index contributed by atoms with van der Waals surface area (Å²) in [6.07, 6.45) is -4.53. The lowest BCUT2D eigenvalue weighted by Crippen LogP contribution is -2.66. The van der Waals surface area contributed by atoms with Crippen LogP contribution in [0.5, 0.6) is 0 Å². The van der Waals surface area contributed by atoms with E-state index < -0.39 is 54.5 Å². The number of nitrogens with one attached hydrogen (secondary N) is 1. The minimum absolute atomic E-state index is 0.0479. The molecule has 0 bridgehead atoms. The third kappa shape index (κ3) is 12.8. The second-order valence-electron chi connectivity index (χ2n) is 8.85. The molecule has 40 heavy (non-hydrogen) atoms. The number of ether oxygens (including phenoxy) is 8. The number of esters is 3. The van der Waals surface area contributed by atoms with Crippen molar-refractivity contribution in [2.24, 2.45) is 0 Å². The summed E-state index contributed by atoms with van der Waals surface area (Å²) in [7, 11) is 0. The maximum Gasteiger partial charge on any atom is 0.303 e. The first-order chi connectivity index (χ1) is 19.2. The van der Waals surface area contributed by atoms with Gasteiger partial charge in [0.2, 0.25) is 5.91 Å². The van der Waals surface area contributed by atoms with Crippen LogP contribution in [0.15, 0.2) is 30.3 Å². The Labute approximate surface area is 233 Å². The third-order valence-electron chi connectivity index (χ3n) is 5.44. The topological polar surface area (TPSA) is 154 Å². The average Bonchev–Trinajstić information content (AvgIpc) is 2.89. The second kappa shape index (κ2) is 18.3. The molecular formula is C27H39NO12.